The van der Waals surface area contributed by atoms with Gasteiger partial charge in [-0.2, -0.15) is 0 Å². The van der Waals surface area contributed by atoms with E-state index >= 15 is 0 Å². The van der Waals surface area contributed by atoms with Crippen LogP contribution in [0.1, 0.15) is 0 Å². The van der Waals surface area contributed by atoms with Gasteiger partial charge in [-0.15, -0.1) is 0 Å². The minimum absolute atomic E-state index is 0.919. The van der Waals surface area contributed by atoms with Crippen molar-refractivity contribution < 1.29 is 5.73 Å². The summed E-state index contributed by atoms with van der Waals surface area (Å²) in [6.07, 6.45) is 0. The smallest absolute Gasteiger partial charge is 0.0922 e. The van der Waals surface area contributed by atoms with Gasteiger partial charge >= 0.3 is 0 Å². The summed E-state index contributed by atoms with van der Waals surface area (Å²) in [7, 11) is 0. The van der Waals surface area contributed by atoms with Gasteiger partial charge < -0.3 is 10.3 Å². The maximum absolute atomic E-state index is 3.95. The van der Waals surface area contributed by atoms with E-state index in [-0.39, 0.29) is 0 Å². The average molecular weight is 211 g/mol. The van der Waals surface area contributed by atoms with E-state index < -0.39 is 0 Å². The first kappa shape index (κ1) is 9.43. The van der Waals surface area contributed by atoms with Gasteiger partial charge in [0.2, 0.25) is 0 Å². The Kier molecular flexibility index (Phi) is 2.15. The first-order valence-corrected chi connectivity index (χ1v) is 5.67. The summed E-state index contributed by atoms with van der Waals surface area (Å²) in [5.74, 6) is 0. The van der Waals surface area contributed by atoms with E-state index in [0.29, 0.717) is 0 Å². The van der Waals surface area contributed by atoms with Gasteiger partial charge in [0, 0.05) is 21.8 Å². The molecule has 0 radical (unpaired) electrons. The minimum Gasteiger partial charge on any atom is -0.356 e. The van der Waals surface area contributed by atoms with Crippen molar-refractivity contribution in [3.05, 3.63) is 48.5 Å². The number of benzene rings is 2. The quantitative estimate of drug-likeness (QED) is 0.673. The molecule has 2 aromatic carbocycles. The van der Waals surface area contributed by atoms with Crippen LogP contribution in [0, 0.1) is 0 Å². The molecule has 1 aromatic heterocycles. The summed E-state index contributed by atoms with van der Waals surface area (Å²) in [4.78, 5) is 0. The fourth-order valence-corrected chi connectivity index (χ4v) is 2.40. The van der Waals surface area contributed by atoms with Crippen molar-refractivity contribution in [1.29, 1.82) is 0 Å². The van der Waals surface area contributed by atoms with Crippen LogP contribution < -0.4 is 5.73 Å². The zero-order chi connectivity index (χ0) is 11.0. The number of rotatable bonds is 2. The molecule has 3 N–H and O–H groups in total. The van der Waals surface area contributed by atoms with Crippen molar-refractivity contribution in [2.45, 2.75) is 6.54 Å². The lowest BCUT2D eigenvalue weighted by Crippen LogP contribution is -2.51. The number of fused-ring (bicyclic) bond motifs is 3. The van der Waals surface area contributed by atoms with Gasteiger partial charge in [0.15, 0.2) is 0 Å². The Morgan fingerprint density at radius 2 is 1.31 bits per heavy atom. The van der Waals surface area contributed by atoms with E-state index in [2.05, 4.69) is 58.8 Å². The molecule has 2 nitrogen and oxygen atoms in total. The van der Waals surface area contributed by atoms with Gasteiger partial charge in [-0.1, -0.05) is 36.4 Å². The summed E-state index contributed by atoms with van der Waals surface area (Å²) in [6.45, 7) is 1.90. The Hall–Kier alpha value is -1.80. The average Bonchev–Trinajstić information content (AvgIpc) is 2.66. The number of hydrogen-bond donors (Lipinski definition) is 1. The number of para-hydroxylation sites is 2. The summed E-state index contributed by atoms with van der Waals surface area (Å²) < 4.78 is 2.36. The van der Waals surface area contributed by atoms with Gasteiger partial charge in [-0.3, -0.25) is 0 Å². The lowest BCUT2D eigenvalue weighted by atomic mass is 10.2. The van der Waals surface area contributed by atoms with E-state index in [0.717, 1.165) is 13.1 Å². The number of aromatic nitrogens is 1. The highest BCUT2D eigenvalue weighted by Gasteiger charge is 2.08. The summed E-state index contributed by atoms with van der Waals surface area (Å²) in [5.41, 5.74) is 6.58. The van der Waals surface area contributed by atoms with Crippen LogP contribution in [0.5, 0.6) is 0 Å². The van der Waals surface area contributed by atoms with Gasteiger partial charge in [0.1, 0.15) is 0 Å². The monoisotopic (exact) mass is 211 g/mol. The van der Waals surface area contributed by atoms with Crippen molar-refractivity contribution in [3.63, 3.8) is 0 Å². The van der Waals surface area contributed by atoms with Crippen molar-refractivity contribution in [1.82, 2.24) is 4.57 Å². The predicted octanol–water partition coefficient (Wildman–Crippen LogP) is 2.04. The molecule has 80 valence electrons. The van der Waals surface area contributed by atoms with Gasteiger partial charge in [-0.05, 0) is 12.1 Å². The second-order valence-corrected chi connectivity index (χ2v) is 4.04. The van der Waals surface area contributed by atoms with Crippen LogP contribution >= 0.6 is 0 Å². The number of hydrogen-bond acceptors (Lipinski definition) is 0. The lowest BCUT2D eigenvalue weighted by molar-refractivity contribution is -0.369. The molecule has 0 saturated heterocycles. The van der Waals surface area contributed by atoms with E-state index in [1.807, 2.05) is 0 Å². The third-order valence-electron chi connectivity index (χ3n) is 3.06. The Bertz CT molecular complexity index is 584. The second-order valence-electron chi connectivity index (χ2n) is 4.04. The maximum atomic E-state index is 3.95. The first-order valence-electron chi connectivity index (χ1n) is 5.67. The van der Waals surface area contributed by atoms with Crippen LogP contribution in [-0.4, -0.2) is 11.1 Å². The molecule has 16 heavy (non-hydrogen) atoms. The minimum atomic E-state index is 0.919. The number of nitrogens with zero attached hydrogens (tertiary/aromatic N) is 1. The van der Waals surface area contributed by atoms with E-state index in [9.17, 15) is 0 Å². The molecule has 0 amide bonds. The highest BCUT2D eigenvalue weighted by atomic mass is 15.0. The molecule has 2 heteroatoms. The third-order valence-corrected chi connectivity index (χ3v) is 3.06. The highest BCUT2D eigenvalue weighted by Crippen LogP contribution is 2.28. The van der Waals surface area contributed by atoms with Crippen LogP contribution in [0.2, 0.25) is 0 Å². The zero-order valence-corrected chi connectivity index (χ0v) is 9.19. The first-order chi connectivity index (χ1) is 7.92. The number of quaternary nitrogens is 1. The normalized spacial score (nSPS) is 11.3. The van der Waals surface area contributed by atoms with E-state index in [1.54, 1.807) is 0 Å². The van der Waals surface area contributed by atoms with Crippen molar-refractivity contribution in [2.75, 3.05) is 6.54 Å². The lowest BCUT2D eigenvalue weighted by Gasteiger charge is -2.02. The molecule has 0 atom stereocenters. The van der Waals surface area contributed by atoms with E-state index in [4.69, 9.17) is 0 Å². The molecule has 1 heterocycles. The Labute approximate surface area is 94.3 Å². The van der Waals surface area contributed by atoms with Crippen molar-refractivity contribution in [2.24, 2.45) is 0 Å². The van der Waals surface area contributed by atoms with Gasteiger partial charge in [-0.25, -0.2) is 0 Å². The molecule has 0 saturated carbocycles. The predicted molar refractivity (Wildman–Crippen MR) is 67.2 cm³/mol. The highest BCUT2D eigenvalue weighted by molar-refractivity contribution is 6.07. The largest absolute Gasteiger partial charge is 0.356 e. The molecule has 0 spiro atoms. The third kappa shape index (κ3) is 1.24. The SMILES string of the molecule is [NH3+]CCn1c2ccccc2c2ccccc21. The molecule has 3 aromatic rings. The fourth-order valence-electron chi connectivity index (χ4n) is 2.40. The molecular weight excluding hydrogens is 196 g/mol. The molecular formula is C14H15N2+. The molecule has 0 unspecified atom stereocenters. The van der Waals surface area contributed by atoms with Crippen molar-refractivity contribution in [3.8, 4) is 0 Å². The molecule has 0 aliphatic heterocycles. The molecule has 0 aliphatic rings. The van der Waals surface area contributed by atoms with Crippen LogP contribution in [0.25, 0.3) is 21.8 Å². The molecule has 3 rings (SSSR count). The van der Waals surface area contributed by atoms with Crippen LogP contribution in [0.3, 0.4) is 0 Å². The van der Waals surface area contributed by atoms with Crippen LogP contribution in [0.4, 0.5) is 0 Å². The van der Waals surface area contributed by atoms with Crippen LogP contribution in [0.15, 0.2) is 48.5 Å². The standard InChI is InChI=1S/C14H14N2/c15-9-10-16-13-7-3-1-5-11(13)12-6-2-4-8-14(12)16/h1-8H,9-10,15H2/p+1. The Morgan fingerprint density at radius 3 is 1.81 bits per heavy atom. The van der Waals surface area contributed by atoms with Gasteiger partial charge in [0.05, 0.1) is 13.1 Å². The second kappa shape index (κ2) is 3.65. The van der Waals surface area contributed by atoms with Gasteiger partial charge in [0.25, 0.3) is 0 Å². The van der Waals surface area contributed by atoms with E-state index in [1.165, 1.54) is 21.8 Å². The Balaban J connectivity index is 2.49. The summed E-state index contributed by atoms with van der Waals surface area (Å²) in [6, 6.07) is 17.2. The summed E-state index contributed by atoms with van der Waals surface area (Å²) >= 11 is 0. The van der Waals surface area contributed by atoms with Crippen molar-refractivity contribution >= 4 is 21.8 Å². The molecule has 0 bridgehead atoms. The molecule has 0 fully saturated rings. The Morgan fingerprint density at radius 1 is 0.812 bits per heavy atom. The topological polar surface area (TPSA) is 32.6 Å². The zero-order valence-electron chi connectivity index (χ0n) is 9.19. The summed E-state index contributed by atoms with van der Waals surface area (Å²) in [5, 5.41) is 2.68. The maximum Gasteiger partial charge on any atom is 0.0922 e. The molecule has 0 aliphatic carbocycles. The fraction of sp³-hybridized carbons (Fsp3) is 0.143. The van der Waals surface area contributed by atoms with Crippen LogP contribution in [-0.2, 0) is 6.54 Å².